The average molecular weight is 469 g/mol. The summed E-state index contributed by atoms with van der Waals surface area (Å²) in [7, 11) is 0. The van der Waals surface area contributed by atoms with Crippen LogP contribution >= 0.6 is 22.9 Å². The Hall–Kier alpha value is -2.90. The standard InChI is InChI=1S/C24H25ClN4O2S/c1-16-27-22(15-32-16)17-6-5-7-19(12-17)28-23(30)14-26-21-13-18(25)8-9-20(21)24(31)29-10-3-2-4-11-29/h5-9,12-13,15,26H,2-4,10-11,14H2,1H3,(H,28,30). The zero-order valence-electron chi connectivity index (χ0n) is 17.9. The maximum Gasteiger partial charge on any atom is 0.255 e. The molecular weight excluding hydrogens is 444 g/mol. The van der Waals surface area contributed by atoms with Crippen LogP contribution in [0.3, 0.4) is 0 Å². The van der Waals surface area contributed by atoms with E-state index >= 15 is 0 Å². The highest BCUT2D eigenvalue weighted by molar-refractivity contribution is 7.09. The molecule has 0 aliphatic carbocycles. The highest BCUT2D eigenvalue weighted by Crippen LogP contribution is 2.25. The SMILES string of the molecule is Cc1nc(-c2cccc(NC(=O)CNc3cc(Cl)ccc3C(=O)N3CCCCC3)c2)cs1. The minimum atomic E-state index is -0.215. The van der Waals surface area contributed by atoms with Crippen molar-refractivity contribution in [3.63, 3.8) is 0 Å². The summed E-state index contributed by atoms with van der Waals surface area (Å²) in [5, 5.41) is 9.49. The number of amides is 2. The molecule has 0 atom stereocenters. The van der Waals surface area contributed by atoms with E-state index in [-0.39, 0.29) is 18.4 Å². The molecule has 32 heavy (non-hydrogen) atoms. The van der Waals surface area contributed by atoms with Crippen LogP contribution in [0.2, 0.25) is 5.02 Å². The van der Waals surface area contributed by atoms with Crippen LogP contribution in [0.5, 0.6) is 0 Å². The van der Waals surface area contributed by atoms with Gasteiger partial charge in [-0.3, -0.25) is 9.59 Å². The van der Waals surface area contributed by atoms with E-state index in [2.05, 4.69) is 15.6 Å². The molecule has 0 radical (unpaired) electrons. The molecule has 0 saturated carbocycles. The fourth-order valence-electron chi connectivity index (χ4n) is 3.75. The lowest BCUT2D eigenvalue weighted by Gasteiger charge is -2.27. The Kier molecular flexibility index (Phi) is 7.07. The first-order valence-corrected chi connectivity index (χ1v) is 11.9. The Morgan fingerprint density at radius 3 is 2.69 bits per heavy atom. The number of nitrogens with one attached hydrogen (secondary N) is 2. The van der Waals surface area contributed by atoms with Gasteiger partial charge in [0.05, 0.1) is 22.8 Å². The van der Waals surface area contributed by atoms with E-state index in [9.17, 15) is 9.59 Å². The zero-order chi connectivity index (χ0) is 22.5. The summed E-state index contributed by atoms with van der Waals surface area (Å²) in [6, 6.07) is 12.7. The summed E-state index contributed by atoms with van der Waals surface area (Å²) >= 11 is 7.75. The number of likely N-dealkylation sites (tertiary alicyclic amines) is 1. The summed E-state index contributed by atoms with van der Waals surface area (Å²) in [5.74, 6) is -0.247. The molecule has 0 bridgehead atoms. The minimum absolute atomic E-state index is 0.0145. The number of aromatic nitrogens is 1. The lowest BCUT2D eigenvalue weighted by molar-refractivity contribution is -0.114. The predicted molar refractivity (Wildman–Crippen MR) is 131 cm³/mol. The summed E-state index contributed by atoms with van der Waals surface area (Å²) in [5.41, 5.74) is 3.63. The van der Waals surface area contributed by atoms with Gasteiger partial charge in [-0.1, -0.05) is 23.7 Å². The molecule has 1 aromatic heterocycles. The third-order valence-corrected chi connectivity index (χ3v) is 6.36. The van der Waals surface area contributed by atoms with Crippen molar-refractivity contribution in [3.05, 3.63) is 63.4 Å². The fourth-order valence-corrected chi connectivity index (χ4v) is 4.54. The van der Waals surface area contributed by atoms with Gasteiger partial charge < -0.3 is 15.5 Å². The average Bonchev–Trinajstić information content (AvgIpc) is 3.24. The lowest BCUT2D eigenvalue weighted by atomic mass is 10.1. The van der Waals surface area contributed by atoms with Gasteiger partial charge in [-0.05, 0) is 56.5 Å². The summed E-state index contributed by atoms with van der Waals surface area (Å²) in [6.07, 6.45) is 3.19. The summed E-state index contributed by atoms with van der Waals surface area (Å²) in [6.45, 7) is 3.50. The molecule has 6 nitrogen and oxygen atoms in total. The molecule has 0 spiro atoms. The summed E-state index contributed by atoms with van der Waals surface area (Å²) < 4.78 is 0. The third-order valence-electron chi connectivity index (χ3n) is 5.36. The van der Waals surface area contributed by atoms with E-state index in [0.717, 1.165) is 48.6 Å². The van der Waals surface area contributed by atoms with Crippen molar-refractivity contribution < 1.29 is 9.59 Å². The van der Waals surface area contributed by atoms with E-state index in [0.29, 0.717) is 22.0 Å². The second-order valence-electron chi connectivity index (χ2n) is 7.78. The number of thiazole rings is 1. The van der Waals surface area contributed by atoms with Crippen molar-refractivity contribution in [2.24, 2.45) is 0 Å². The molecule has 0 unspecified atom stereocenters. The monoisotopic (exact) mass is 468 g/mol. The Morgan fingerprint density at radius 1 is 1.12 bits per heavy atom. The van der Waals surface area contributed by atoms with Gasteiger partial charge in [0.2, 0.25) is 5.91 Å². The number of benzene rings is 2. The number of anilines is 2. The Labute approximate surface area is 196 Å². The smallest absolute Gasteiger partial charge is 0.255 e. The second-order valence-corrected chi connectivity index (χ2v) is 9.28. The van der Waals surface area contributed by atoms with Crippen LogP contribution in [0, 0.1) is 6.92 Å². The lowest BCUT2D eigenvalue weighted by Crippen LogP contribution is -2.36. The van der Waals surface area contributed by atoms with Crippen LogP contribution in [0.25, 0.3) is 11.3 Å². The van der Waals surface area contributed by atoms with Crippen LogP contribution in [0.4, 0.5) is 11.4 Å². The normalized spacial score (nSPS) is 13.6. The van der Waals surface area contributed by atoms with E-state index in [4.69, 9.17) is 11.6 Å². The topological polar surface area (TPSA) is 74.3 Å². The highest BCUT2D eigenvalue weighted by atomic mass is 35.5. The van der Waals surface area contributed by atoms with Crippen molar-refractivity contribution in [2.45, 2.75) is 26.2 Å². The Morgan fingerprint density at radius 2 is 1.94 bits per heavy atom. The van der Waals surface area contributed by atoms with E-state index in [1.807, 2.05) is 41.5 Å². The largest absolute Gasteiger partial charge is 0.375 e. The van der Waals surface area contributed by atoms with Gasteiger partial charge in [0.25, 0.3) is 5.91 Å². The van der Waals surface area contributed by atoms with Gasteiger partial charge in [-0.2, -0.15) is 0 Å². The number of piperidine rings is 1. The van der Waals surface area contributed by atoms with E-state index < -0.39 is 0 Å². The third kappa shape index (κ3) is 5.47. The van der Waals surface area contributed by atoms with Crippen molar-refractivity contribution in [1.29, 1.82) is 0 Å². The van der Waals surface area contributed by atoms with Gasteiger partial charge in [0.1, 0.15) is 0 Å². The molecule has 4 rings (SSSR count). The maximum atomic E-state index is 13.0. The van der Waals surface area contributed by atoms with Crippen LogP contribution in [-0.2, 0) is 4.79 Å². The first kappa shape index (κ1) is 22.3. The fraction of sp³-hybridized carbons (Fsp3) is 0.292. The molecule has 2 aromatic carbocycles. The molecule has 1 aliphatic heterocycles. The first-order valence-electron chi connectivity index (χ1n) is 10.6. The molecule has 1 aliphatic rings. The highest BCUT2D eigenvalue weighted by Gasteiger charge is 2.21. The number of halogens is 1. The van der Waals surface area contributed by atoms with E-state index in [1.54, 1.807) is 29.5 Å². The van der Waals surface area contributed by atoms with Gasteiger partial charge in [0, 0.05) is 40.4 Å². The van der Waals surface area contributed by atoms with Gasteiger partial charge in [-0.25, -0.2) is 4.98 Å². The second kappa shape index (κ2) is 10.1. The van der Waals surface area contributed by atoms with Crippen molar-refractivity contribution >= 4 is 46.1 Å². The van der Waals surface area contributed by atoms with Crippen LogP contribution in [0.15, 0.2) is 47.8 Å². The number of aryl methyl sites for hydroxylation is 1. The first-order chi connectivity index (χ1) is 15.5. The molecule has 2 heterocycles. The molecule has 166 valence electrons. The number of nitrogens with zero attached hydrogens (tertiary/aromatic N) is 2. The van der Waals surface area contributed by atoms with Crippen molar-refractivity contribution in [1.82, 2.24) is 9.88 Å². The van der Waals surface area contributed by atoms with Gasteiger partial charge in [-0.15, -0.1) is 11.3 Å². The number of hydrogen-bond acceptors (Lipinski definition) is 5. The minimum Gasteiger partial charge on any atom is -0.375 e. The molecular formula is C24H25ClN4O2S. The molecule has 8 heteroatoms. The quantitative estimate of drug-likeness (QED) is 0.504. The molecule has 3 aromatic rings. The predicted octanol–water partition coefficient (Wildman–Crippen LogP) is 5.45. The Bertz CT molecular complexity index is 1120. The van der Waals surface area contributed by atoms with Crippen LogP contribution < -0.4 is 10.6 Å². The number of rotatable bonds is 6. The van der Waals surface area contributed by atoms with Crippen molar-refractivity contribution in [3.8, 4) is 11.3 Å². The number of carbonyl (C=O) groups excluding carboxylic acids is 2. The molecule has 1 saturated heterocycles. The van der Waals surface area contributed by atoms with E-state index in [1.165, 1.54) is 0 Å². The zero-order valence-corrected chi connectivity index (χ0v) is 19.4. The summed E-state index contributed by atoms with van der Waals surface area (Å²) in [4.78, 5) is 31.9. The molecule has 2 N–H and O–H groups in total. The Balaban J connectivity index is 1.42. The maximum absolute atomic E-state index is 13.0. The molecule has 2 amide bonds. The van der Waals surface area contributed by atoms with Crippen LogP contribution in [0.1, 0.15) is 34.6 Å². The number of hydrogen-bond donors (Lipinski definition) is 2. The molecule has 1 fully saturated rings. The van der Waals surface area contributed by atoms with Gasteiger partial charge in [0.15, 0.2) is 0 Å². The van der Waals surface area contributed by atoms with Crippen LogP contribution in [-0.4, -0.2) is 41.3 Å². The van der Waals surface area contributed by atoms with Gasteiger partial charge >= 0.3 is 0 Å². The van der Waals surface area contributed by atoms with Crippen molar-refractivity contribution in [2.75, 3.05) is 30.3 Å². The number of carbonyl (C=O) groups is 2.